The first kappa shape index (κ1) is 13.5. The zero-order chi connectivity index (χ0) is 13.7. The SMILES string of the molecule is O=C(CC1CCNCC1)Nc1cncc(C(=O)O)c1. The van der Waals surface area contributed by atoms with Crippen LogP contribution in [0.1, 0.15) is 29.6 Å². The molecule has 0 aliphatic carbocycles. The normalized spacial score (nSPS) is 16.0. The van der Waals surface area contributed by atoms with Gasteiger partial charge in [0.2, 0.25) is 5.91 Å². The molecule has 3 N–H and O–H groups in total. The molecular weight excluding hydrogens is 246 g/mol. The van der Waals surface area contributed by atoms with Crippen molar-refractivity contribution < 1.29 is 14.7 Å². The molecule has 6 nitrogen and oxygen atoms in total. The van der Waals surface area contributed by atoms with E-state index >= 15 is 0 Å². The van der Waals surface area contributed by atoms with Crippen LogP contribution < -0.4 is 10.6 Å². The molecule has 1 amide bonds. The number of aromatic nitrogens is 1. The van der Waals surface area contributed by atoms with Crippen molar-refractivity contribution in [3.63, 3.8) is 0 Å². The average molecular weight is 263 g/mol. The molecule has 0 unspecified atom stereocenters. The summed E-state index contributed by atoms with van der Waals surface area (Å²) in [6.45, 7) is 1.90. The fourth-order valence-corrected chi connectivity index (χ4v) is 2.19. The Hall–Kier alpha value is -1.95. The van der Waals surface area contributed by atoms with Gasteiger partial charge in [-0.3, -0.25) is 9.78 Å². The van der Waals surface area contributed by atoms with Gasteiger partial charge in [0.15, 0.2) is 0 Å². The highest BCUT2D eigenvalue weighted by atomic mass is 16.4. The summed E-state index contributed by atoms with van der Waals surface area (Å²) >= 11 is 0. The van der Waals surface area contributed by atoms with Crippen LogP contribution in [0.15, 0.2) is 18.5 Å². The molecule has 0 bridgehead atoms. The van der Waals surface area contributed by atoms with E-state index in [0.717, 1.165) is 25.9 Å². The molecule has 0 atom stereocenters. The van der Waals surface area contributed by atoms with Gasteiger partial charge in [0.1, 0.15) is 0 Å². The van der Waals surface area contributed by atoms with E-state index in [1.54, 1.807) is 0 Å². The summed E-state index contributed by atoms with van der Waals surface area (Å²) in [7, 11) is 0. The number of piperidine rings is 1. The Bertz CT molecular complexity index is 470. The maximum atomic E-state index is 11.9. The van der Waals surface area contributed by atoms with E-state index in [2.05, 4.69) is 15.6 Å². The van der Waals surface area contributed by atoms with Gasteiger partial charge < -0.3 is 15.7 Å². The molecule has 1 aliphatic rings. The molecule has 1 aromatic rings. The summed E-state index contributed by atoms with van der Waals surface area (Å²) in [5, 5.41) is 14.8. The van der Waals surface area contributed by atoms with Crippen LogP contribution in [-0.4, -0.2) is 35.1 Å². The van der Waals surface area contributed by atoms with Crippen LogP contribution in [0, 0.1) is 5.92 Å². The molecule has 1 aromatic heterocycles. The first-order chi connectivity index (χ1) is 9.15. The maximum absolute atomic E-state index is 11.9. The van der Waals surface area contributed by atoms with Crippen molar-refractivity contribution >= 4 is 17.6 Å². The van der Waals surface area contributed by atoms with Crippen molar-refractivity contribution in [1.29, 1.82) is 0 Å². The smallest absolute Gasteiger partial charge is 0.337 e. The van der Waals surface area contributed by atoms with Crippen molar-refractivity contribution in [3.05, 3.63) is 24.0 Å². The van der Waals surface area contributed by atoms with Gasteiger partial charge in [-0.25, -0.2) is 4.79 Å². The second-order valence-electron chi connectivity index (χ2n) is 4.71. The highest BCUT2D eigenvalue weighted by Crippen LogP contribution is 2.17. The molecule has 1 saturated heterocycles. The Kier molecular flexibility index (Phi) is 4.46. The van der Waals surface area contributed by atoms with Crippen LogP contribution in [0.25, 0.3) is 0 Å². The summed E-state index contributed by atoms with van der Waals surface area (Å²) in [4.78, 5) is 26.5. The zero-order valence-corrected chi connectivity index (χ0v) is 10.6. The number of hydrogen-bond donors (Lipinski definition) is 3. The lowest BCUT2D eigenvalue weighted by molar-refractivity contribution is -0.117. The summed E-state index contributed by atoms with van der Waals surface area (Å²) < 4.78 is 0. The molecule has 0 radical (unpaired) electrons. The first-order valence-corrected chi connectivity index (χ1v) is 6.34. The van der Waals surface area contributed by atoms with Gasteiger partial charge in [0, 0.05) is 12.6 Å². The van der Waals surface area contributed by atoms with Gasteiger partial charge in [-0.05, 0) is 37.9 Å². The molecule has 0 spiro atoms. The Morgan fingerprint density at radius 3 is 2.79 bits per heavy atom. The lowest BCUT2D eigenvalue weighted by Gasteiger charge is -2.21. The van der Waals surface area contributed by atoms with E-state index in [4.69, 9.17) is 5.11 Å². The van der Waals surface area contributed by atoms with E-state index in [1.165, 1.54) is 18.5 Å². The van der Waals surface area contributed by atoms with Gasteiger partial charge >= 0.3 is 5.97 Å². The van der Waals surface area contributed by atoms with Crippen LogP contribution in [0.5, 0.6) is 0 Å². The average Bonchev–Trinajstić information content (AvgIpc) is 2.40. The first-order valence-electron chi connectivity index (χ1n) is 6.34. The predicted octanol–water partition coefficient (Wildman–Crippen LogP) is 1.11. The standard InChI is InChI=1S/C13H17N3O3/c17-12(5-9-1-3-14-4-2-9)16-11-6-10(13(18)19)7-15-8-11/h6-9,14H,1-5H2,(H,16,17)(H,18,19). The third-order valence-corrected chi connectivity index (χ3v) is 3.20. The molecule has 1 aliphatic heterocycles. The maximum Gasteiger partial charge on any atom is 0.337 e. The summed E-state index contributed by atoms with van der Waals surface area (Å²) in [6.07, 6.45) is 5.18. The molecule has 6 heteroatoms. The number of amides is 1. The van der Waals surface area contributed by atoms with E-state index < -0.39 is 5.97 Å². The highest BCUT2D eigenvalue weighted by Gasteiger charge is 2.17. The van der Waals surface area contributed by atoms with Crippen molar-refractivity contribution in [1.82, 2.24) is 10.3 Å². The van der Waals surface area contributed by atoms with Crippen molar-refractivity contribution in [2.24, 2.45) is 5.92 Å². The minimum absolute atomic E-state index is 0.0691. The number of rotatable bonds is 4. The quantitative estimate of drug-likeness (QED) is 0.757. The Morgan fingerprint density at radius 2 is 2.11 bits per heavy atom. The van der Waals surface area contributed by atoms with E-state index in [-0.39, 0.29) is 11.5 Å². The third kappa shape index (κ3) is 4.03. The van der Waals surface area contributed by atoms with Crippen molar-refractivity contribution in [3.8, 4) is 0 Å². The molecule has 19 heavy (non-hydrogen) atoms. The summed E-state index contributed by atoms with van der Waals surface area (Å²) in [6, 6.07) is 1.41. The van der Waals surface area contributed by atoms with Crippen molar-refractivity contribution in [2.45, 2.75) is 19.3 Å². The highest BCUT2D eigenvalue weighted by molar-refractivity contribution is 5.93. The Balaban J connectivity index is 1.90. The fourth-order valence-electron chi connectivity index (χ4n) is 2.19. The lowest BCUT2D eigenvalue weighted by Crippen LogP contribution is -2.30. The van der Waals surface area contributed by atoms with Crippen LogP contribution in [0.3, 0.4) is 0 Å². The Labute approximate surface area is 111 Å². The number of carbonyl (C=O) groups is 2. The topological polar surface area (TPSA) is 91.3 Å². The third-order valence-electron chi connectivity index (χ3n) is 3.20. The largest absolute Gasteiger partial charge is 0.478 e. The molecule has 2 heterocycles. The van der Waals surface area contributed by atoms with Gasteiger partial charge in [-0.15, -0.1) is 0 Å². The molecular formula is C13H17N3O3. The predicted molar refractivity (Wildman–Crippen MR) is 70.0 cm³/mol. The number of nitrogens with one attached hydrogen (secondary N) is 2. The van der Waals surface area contributed by atoms with Gasteiger partial charge in [0.05, 0.1) is 17.4 Å². The van der Waals surface area contributed by atoms with E-state index in [1.807, 2.05) is 0 Å². The summed E-state index contributed by atoms with van der Waals surface area (Å²) in [5.41, 5.74) is 0.499. The zero-order valence-electron chi connectivity index (χ0n) is 10.6. The molecule has 102 valence electrons. The molecule has 0 saturated carbocycles. The lowest BCUT2D eigenvalue weighted by atomic mass is 9.94. The van der Waals surface area contributed by atoms with Crippen molar-refractivity contribution in [2.75, 3.05) is 18.4 Å². The van der Waals surface area contributed by atoms with Crippen LogP contribution in [-0.2, 0) is 4.79 Å². The number of carboxylic acid groups (broad SMARTS) is 1. The number of nitrogens with zero attached hydrogens (tertiary/aromatic N) is 1. The number of pyridine rings is 1. The second kappa shape index (κ2) is 6.29. The van der Waals surface area contributed by atoms with Gasteiger partial charge in [0.25, 0.3) is 0 Å². The molecule has 1 fully saturated rings. The minimum Gasteiger partial charge on any atom is -0.478 e. The fraction of sp³-hybridized carbons (Fsp3) is 0.462. The molecule has 0 aromatic carbocycles. The number of carbonyl (C=O) groups excluding carboxylic acids is 1. The van der Waals surface area contributed by atoms with Crippen LogP contribution in [0.2, 0.25) is 0 Å². The van der Waals surface area contributed by atoms with Crippen LogP contribution in [0.4, 0.5) is 5.69 Å². The monoisotopic (exact) mass is 263 g/mol. The number of anilines is 1. The van der Waals surface area contributed by atoms with Crippen LogP contribution >= 0.6 is 0 Å². The second-order valence-corrected chi connectivity index (χ2v) is 4.71. The number of hydrogen-bond acceptors (Lipinski definition) is 4. The minimum atomic E-state index is -1.05. The van der Waals surface area contributed by atoms with Gasteiger partial charge in [-0.2, -0.15) is 0 Å². The Morgan fingerprint density at radius 1 is 1.37 bits per heavy atom. The van der Waals surface area contributed by atoms with E-state index in [0.29, 0.717) is 18.0 Å². The van der Waals surface area contributed by atoms with E-state index in [9.17, 15) is 9.59 Å². The summed E-state index contributed by atoms with van der Waals surface area (Å²) in [5.74, 6) is -0.741. The number of aromatic carboxylic acids is 1. The number of carboxylic acids is 1. The van der Waals surface area contributed by atoms with Gasteiger partial charge in [-0.1, -0.05) is 0 Å². The molecule has 2 rings (SSSR count).